The van der Waals surface area contributed by atoms with Crippen molar-refractivity contribution in [1.82, 2.24) is 9.97 Å². The molecule has 0 saturated heterocycles. The molecule has 0 bridgehead atoms. The number of benzene rings is 1. The Balaban J connectivity index is 2.10. The molecule has 6 heteroatoms. The van der Waals surface area contributed by atoms with Crippen LogP contribution in [0, 0.1) is 6.92 Å². The van der Waals surface area contributed by atoms with Gasteiger partial charge in [0, 0.05) is 24.4 Å². The van der Waals surface area contributed by atoms with E-state index in [4.69, 9.17) is 9.47 Å². The Hall–Kier alpha value is -1.82. The minimum Gasteiger partial charge on any atom is -0.486 e. The van der Waals surface area contributed by atoms with Crippen LogP contribution in [-0.4, -0.2) is 30.2 Å². The molecule has 0 aliphatic carbocycles. The van der Waals surface area contributed by atoms with Gasteiger partial charge in [-0.05, 0) is 35.0 Å². The monoisotopic (exact) mass is 335 g/mol. The van der Waals surface area contributed by atoms with Crippen molar-refractivity contribution < 1.29 is 9.47 Å². The number of hydrogen-bond donors (Lipinski definition) is 1. The fourth-order valence-corrected chi connectivity index (χ4v) is 2.62. The average Bonchev–Trinajstić information content (AvgIpc) is 2.46. The Morgan fingerprint density at radius 3 is 2.75 bits per heavy atom. The van der Waals surface area contributed by atoms with Gasteiger partial charge in [-0.15, -0.1) is 0 Å². The second-order valence-electron chi connectivity index (χ2n) is 4.45. The van der Waals surface area contributed by atoms with Gasteiger partial charge >= 0.3 is 0 Å². The lowest BCUT2D eigenvalue weighted by molar-refractivity contribution is 0.170. The Bertz CT molecular complexity index is 661. The zero-order valence-corrected chi connectivity index (χ0v) is 12.8. The van der Waals surface area contributed by atoms with Crippen LogP contribution >= 0.6 is 15.9 Å². The Kier molecular flexibility index (Phi) is 3.48. The number of fused-ring (bicyclic) bond motifs is 1. The molecule has 1 aliphatic heterocycles. The van der Waals surface area contributed by atoms with Gasteiger partial charge in [-0.3, -0.25) is 0 Å². The summed E-state index contributed by atoms with van der Waals surface area (Å²) in [5, 5.41) is 3.04. The van der Waals surface area contributed by atoms with E-state index in [0.29, 0.717) is 19.0 Å². The van der Waals surface area contributed by atoms with E-state index in [1.807, 2.05) is 32.2 Å². The number of hydrogen-bond acceptors (Lipinski definition) is 5. The van der Waals surface area contributed by atoms with Gasteiger partial charge in [0.05, 0.1) is 4.47 Å². The third kappa shape index (κ3) is 2.43. The van der Waals surface area contributed by atoms with Crippen molar-refractivity contribution in [2.24, 2.45) is 0 Å². The Morgan fingerprint density at radius 1 is 1.15 bits per heavy atom. The molecular formula is C14H14BrN3O2. The summed E-state index contributed by atoms with van der Waals surface area (Å²) >= 11 is 3.51. The number of ether oxygens (including phenoxy) is 2. The largest absolute Gasteiger partial charge is 0.486 e. The van der Waals surface area contributed by atoms with E-state index < -0.39 is 0 Å². The van der Waals surface area contributed by atoms with E-state index in [1.165, 1.54) is 0 Å². The molecule has 1 N–H and O–H groups in total. The van der Waals surface area contributed by atoms with Crippen LogP contribution in [0.15, 0.2) is 22.7 Å². The minimum atomic E-state index is 0.555. The van der Waals surface area contributed by atoms with E-state index >= 15 is 0 Å². The van der Waals surface area contributed by atoms with Crippen molar-refractivity contribution in [3.05, 3.63) is 28.4 Å². The van der Waals surface area contributed by atoms with Crippen molar-refractivity contribution in [1.29, 1.82) is 0 Å². The van der Waals surface area contributed by atoms with Gasteiger partial charge in [0.1, 0.15) is 19.0 Å². The van der Waals surface area contributed by atoms with Crippen molar-refractivity contribution in [3.8, 4) is 22.9 Å². The molecule has 0 atom stereocenters. The van der Waals surface area contributed by atoms with Crippen LogP contribution in [0.1, 0.15) is 5.69 Å². The molecule has 5 nitrogen and oxygen atoms in total. The van der Waals surface area contributed by atoms with Crippen LogP contribution in [0.2, 0.25) is 0 Å². The summed E-state index contributed by atoms with van der Waals surface area (Å²) < 4.78 is 12.1. The van der Waals surface area contributed by atoms with Crippen molar-refractivity contribution in [2.75, 3.05) is 25.6 Å². The van der Waals surface area contributed by atoms with Gasteiger partial charge in [-0.1, -0.05) is 0 Å². The summed E-state index contributed by atoms with van der Waals surface area (Å²) in [6, 6.07) is 5.76. The van der Waals surface area contributed by atoms with Crippen LogP contribution in [0.4, 0.5) is 5.82 Å². The fraction of sp³-hybridized carbons (Fsp3) is 0.286. The van der Waals surface area contributed by atoms with E-state index in [1.54, 1.807) is 0 Å². The molecule has 0 radical (unpaired) electrons. The van der Waals surface area contributed by atoms with E-state index in [-0.39, 0.29) is 0 Å². The zero-order valence-electron chi connectivity index (χ0n) is 11.2. The third-order valence-electron chi connectivity index (χ3n) is 2.97. The van der Waals surface area contributed by atoms with Gasteiger partial charge in [0.2, 0.25) is 0 Å². The number of nitrogens with zero attached hydrogens (tertiary/aromatic N) is 2. The summed E-state index contributed by atoms with van der Waals surface area (Å²) in [6.45, 7) is 3.06. The lowest BCUT2D eigenvalue weighted by Crippen LogP contribution is -2.15. The van der Waals surface area contributed by atoms with Crippen LogP contribution < -0.4 is 14.8 Å². The molecule has 3 rings (SSSR count). The van der Waals surface area contributed by atoms with Crippen LogP contribution in [0.25, 0.3) is 11.4 Å². The van der Waals surface area contributed by atoms with E-state index in [0.717, 1.165) is 33.0 Å². The molecule has 0 saturated carbocycles. The summed E-state index contributed by atoms with van der Waals surface area (Å²) in [6.07, 6.45) is 0. The van der Waals surface area contributed by atoms with Gasteiger partial charge in [-0.2, -0.15) is 0 Å². The highest BCUT2D eigenvalue weighted by Crippen LogP contribution is 2.40. The van der Waals surface area contributed by atoms with Crippen molar-refractivity contribution in [3.63, 3.8) is 0 Å². The number of halogens is 1. The highest BCUT2D eigenvalue weighted by atomic mass is 79.9. The number of aromatic nitrogens is 2. The molecule has 0 amide bonds. The molecule has 0 spiro atoms. The molecule has 0 fully saturated rings. The topological polar surface area (TPSA) is 56.3 Å². The van der Waals surface area contributed by atoms with E-state index in [2.05, 4.69) is 31.2 Å². The van der Waals surface area contributed by atoms with Crippen LogP contribution in [0.3, 0.4) is 0 Å². The number of anilines is 1. The lowest BCUT2D eigenvalue weighted by atomic mass is 10.1. The second-order valence-corrected chi connectivity index (χ2v) is 5.30. The second kappa shape index (κ2) is 5.28. The quantitative estimate of drug-likeness (QED) is 0.914. The molecule has 104 valence electrons. The molecular weight excluding hydrogens is 322 g/mol. The summed E-state index contributed by atoms with van der Waals surface area (Å²) in [5.74, 6) is 2.91. The summed E-state index contributed by atoms with van der Waals surface area (Å²) in [4.78, 5) is 8.95. The van der Waals surface area contributed by atoms with Crippen molar-refractivity contribution >= 4 is 21.7 Å². The highest BCUT2D eigenvalue weighted by molar-refractivity contribution is 9.10. The van der Waals surface area contributed by atoms with Crippen LogP contribution in [-0.2, 0) is 0 Å². The third-order valence-corrected chi connectivity index (χ3v) is 3.55. The SMILES string of the molecule is CNc1cc(C)nc(-c2cc(Br)c3c(c2)OCCO3)n1. The molecule has 1 aromatic heterocycles. The van der Waals surface area contributed by atoms with E-state index in [9.17, 15) is 0 Å². The standard InChI is InChI=1S/C14H14BrN3O2/c1-8-5-12(16-2)18-14(17-8)9-6-10(15)13-11(7-9)19-3-4-20-13/h5-7H,3-4H2,1-2H3,(H,16,17,18). The number of nitrogens with one attached hydrogen (secondary N) is 1. The molecule has 2 aromatic rings. The molecule has 1 aliphatic rings. The maximum absolute atomic E-state index is 5.63. The predicted molar refractivity (Wildman–Crippen MR) is 80.4 cm³/mol. The predicted octanol–water partition coefficient (Wildman–Crippen LogP) is 3.03. The van der Waals surface area contributed by atoms with Gasteiger partial charge in [-0.25, -0.2) is 9.97 Å². The Morgan fingerprint density at radius 2 is 1.95 bits per heavy atom. The minimum absolute atomic E-state index is 0.555. The normalized spacial score (nSPS) is 13.2. The maximum atomic E-state index is 5.63. The Labute approximate surface area is 125 Å². The first kappa shape index (κ1) is 13.2. The summed E-state index contributed by atoms with van der Waals surface area (Å²) in [7, 11) is 1.84. The molecule has 0 unspecified atom stereocenters. The number of aryl methyl sites for hydroxylation is 1. The molecule has 20 heavy (non-hydrogen) atoms. The van der Waals surface area contributed by atoms with Crippen LogP contribution in [0.5, 0.6) is 11.5 Å². The van der Waals surface area contributed by atoms with Gasteiger partial charge in [0.25, 0.3) is 0 Å². The van der Waals surface area contributed by atoms with Gasteiger partial charge in [0.15, 0.2) is 17.3 Å². The number of rotatable bonds is 2. The average molecular weight is 336 g/mol. The van der Waals surface area contributed by atoms with Gasteiger partial charge < -0.3 is 14.8 Å². The smallest absolute Gasteiger partial charge is 0.175 e. The first-order valence-corrected chi connectivity index (χ1v) is 7.09. The molecule has 2 heterocycles. The first-order valence-electron chi connectivity index (χ1n) is 6.30. The zero-order chi connectivity index (χ0) is 14.1. The maximum Gasteiger partial charge on any atom is 0.175 e. The highest BCUT2D eigenvalue weighted by Gasteiger charge is 2.18. The lowest BCUT2D eigenvalue weighted by Gasteiger charge is -2.20. The fourth-order valence-electron chi connectivity index (χ4n) is 2.07. The first-order chi connectivity index (χ1) is 9.67. The summed E-state index contributed by atoms with van der Waals surface area (Å²) in [5.41, 5.74) is 1.80. The molecule has 1 aromatic carbocycles. The van der Waals surface area contributed by atoms with Crippen molar-refractivity contribution in [2.45, 2.75) is 6.92 Å².